The summed E-state index contributed by atoms with van der Waals surface area (Å²) in [4.78, 5) is 30.6. The molecule has 2 heterocycles. The normalized spacial score (nSPS) is 11.5. The van der Waals surface area contributed by atoms with Crippen molar-refractivity contribution in [1.29, 1.82) is 0 Å². The Bertz CT molecular complexity index is 1330. The maximum absolute atomic E-state index is 13.0. The molecule has 30 heavy (non-hydrogen) atoms. The summed E-state index contributed by atoms with van der Waals surface area (Å²) >= 11 is 0. The van der Waals surface area contributed by atoms with E-state index in [1.807, 2.05) is 49.4 Å². The van der Waals surface area contributed by atoms with Crippen molar-refractivity contribution < 1.29 is 0 Å². The van der Waals surface area contributed by atoms with E-state index in [0.29, 0.717) is 34.4 Å². The Morgan fingerprint density at radius 2 is 1.77 bits per heavy atom. The highest BCUT2D eigenvalue weighted by atomic mass is 16.1. The molecule has 0 unspecified atom stereocenters. The molecule has 0 amide bonds. The number of benzene rings is 2. The third-order valence-electron chi connectivity index (χ3n) is 5.01. The highest BCUT2D eigenvalue weighted by molar-refractivity contribution is 5.81. The number of H-pyrrole nitrogens is 1. The quantitative estimate of drug-likeness (QED) is 0.503. The van der Waals surface area contributed by atoms with Crippen molar-refractivity contribution >= 4 is 17.1 Å². The number of hydrogen-bond acceptors (Lipinski definition) is 4. The first-order valence-corrected chi connectivity index (χ1v) is 10.0. The number of nitrogens with zero attached hydrogens (tertiary/aromatic N) is 4. The van der Waals surface area contributed by atoms with Gasteiger partial charge in [-0.1, -0.05) is 43.7 Å². The molecule has 2 aromatic heterocycles. The average Bonchev–Trinajstić information content (AvgIpc) is 3.06. The van der Waals surface area contributed by atoms with Crippen molar-refractivity contribution in [2.24, 2.45) is 5.10 Å². The second-order valence-electron chi connectivity index (χ2n) is 7.14. The van der Waals surface area contributed by atoms with Crippen LogP contribution < -0.4 is 11.1 Å². The number of rotatable bonds is 6. The van der Waals surface area contributed by atoms with Gasteiger partial charge in [-0.25, -0.2) is 9.67 Å². The van der Waals surface area contributed by atoms with E-state index in [4.69, 9.17) is 0 Å². The lowest BCUT2D eigenvalue weighted by molar-refractivity contribution is 0.675. The lowest BCUT2D eigenvalue weighted by Gasteiger charge is -2.08. The van der Waals surface area contributed by atoms with Crippen LogP contribution in [-0.2, 0) is 6.42 Å². The van der Waals surface area contributed by atoms with Gasteiger partial charge in [0.05, 0.1) is 28.4 Å². The zero-order chi connectivity index (χ0) is 21.1. The summed E-state index contributed by atoms with van der Waals surface area (Å²) in [6.07, 6.45) is 3.95. The SMILES string of the molecule is CCCCc1nc2ccccc2c(=O)n1/N=C/c1c(C)[nH]n(-c2ccccc2)c1=O. The predicted octanol–water partition coefficient (Wildman–Crippen LogP) is 3.41. The first-order chi connectivity index (χ1) is 14.6. The number of aromatic amines is 1. The summed E-state index contributed by atoms with van der Waals surface area (Å²) in [5.74, 6) is 0.591. The van der Waals surface area contributed by atoms with Crippen molar-refractivity contribution in [3.63, 3.8) is 0 Å². The van der Waals surface area contributed by atoms with Crippen molar-refractivity contribution in [3.8, 4) is 5.69 Å². The molecule has 4 aromatic rings. The minimum Gasteiger partial charge on any atom is -0.295 e. The van der Waals surface area contributed by atoms with Gasteiger partial charge in [0.25, 0.3) is 11.1 Å². The van der Waals surface area contributed by atoms with Crippen LogP contribution in [0.5, 0.6) is 0 Å². The molecule has 0 fully saturated rings. The molecule has 7 nitrogen and oxygen atoms in total. The number of nitrogens with one attached hydrogen (secondary N) is 1. The second-order valence-corrected chi connectivity index (χ2v) is 7.14. The molecule has 0 aliphatic heterocycles. The minimum absolute atomic E-state index is 0.223. The smallest absolute Gasteiger partial charge is 0.282 e. The fourth-order valence-electron chi connectivity index (χ4n) is 3.37. The van der Waals surface area contributed by atoms with E-state index in [9.17, 15) is 9.59 Å². The minimum atomic E-state index is -0.237. The Hall–Kier alpha value is -3.74. The van der Waals surface area contributed by atoms with Gasteiger partial charge in [-0.2, -0.15) is 9.78 Å². The van der Waals surface area contributed by atoms with Gasteiger partial charge < -0.3 is 0 Å². The molecule has 0 saturated carbocycles. The number of aryl methyl sites for hydroxylation is 2. The Morgan fingerprint density at radius 3 is 2.53 bits per heavy atom. The zero-order valence-electron chi connectivity index (χ0n) is 17.0. The fraction of sp³-hybridized carbons (Fsp3) is 0.217. The van der Waals surface area contributed by atoms with Crippen molar-refractivity contribution in [1.82, 2.24) is 19.4 Å². The molecule has 4 rings (SSSR count). The van der Waals surface area contributed by atoms with Gasteiger partial charge in [-0.15, -0.1) is 0 Å². The molecule has 0 bridgehead atoms. The van der Waals surface area contributed by atoms with E-state index in [0.717, 1.165) is 18.5 Å². The lowest BCUT2D eigenvalue weighted by atomic mass is 10.2. The molecular formula is C23H23N5O2. The van der Waals surface area contributed by atoms with E-state index >= 15 is 0 Å². The molecular weight excluding hydrogens is 378 g/mol. The van der Waals surface area contributed by atoms with Crippen LogP contribution in [0.25, 0.3) is 16.6 Å². The van der Waals surface area contributed by atoms with Crippen LogP contribution in [-0.4, -0.2) is 25.7 Å². The monoisotopic (exact) mass is 401 g/mol. The number of unbranched alkanes of at least 4 members (excludes halogenated alkanes) is 1. The van der Waals surface area contributed by atoms with Gasteiger partial charge >= 0.3 is 0 Å². The fourth-order valence-corrected chi connectivity index (χ4v) is 3.37. The Morgan fingerprint density at radius 1 is 1.03 bits per heavy atom. The zero-order valence-corrected chi connectivity index (χ0v) is 17.0. The summed E-state index contributed by atoms with van der Waals surface area (Å²) in [6.45, 7) is 3.89. The van der Waals surface area contributed by atoms with Gasteiger partial charge in [0.2, 0.25) is 0 Å². The maximum atomic E-state index is 13.0. The van der Waals surface area contributed by atoms with Crippen LogP contribution in [0.3, 0.4) is 0 Å². The molecule has 0 saturated heterocycles. The van der Waals surface area contributed by atoms with E-state index in [1.54, 1.807) is 12.1 Å². The first kappa shape index (κ1) is 19.6. The molecule has 152 valence electrons. The van der Waals surface area contributed by atoms with Gasteiger partial charge in [-0.05, 0) is 37.6 Å². The topological polar surface area (TPSA) is 85.0 Å². The van der Waals surface area contributed by atoms with Crippen LogP contribution >= 0.6 is 0 Å². The summed E-state index contributed by atoms with van der Waals surface area (Å²) in [7, 11) is 0. The molecule has 2 aromatic carbocycles. The summed E-state index contributed by atoms with van der Waals surface area (Å²) < 4.78 is 2.78. The van der Waals surface area contributed by atoms with E-state index in [1.165, 1.54) is 15.6 Å². The molecule has 0 radical (unpaired) electrons. The number of aromatic nitrogens is 4. The standard InChI is InChI=1S/C23H23N5O2/c1-3-4-14-21-25-20-13-9-8-12-18(20)22(29)28(21)24-15-19-16(2)26-27(23(19)30)17-10-6-5-7-11-17/h5-13,15,26H,3-4,14H2,1-2H3/b24-15+. The molecule has 0 aliphatic carbocycles. The maximum Gasteiger partial charge on any atom is 0.282 e. The van der Waals surface area contributed by atoms with E-state index < -0.39 is 0 Å². The molecule has 1 N–H and O–H groups in total. The van der Waals surface area contributed by atoms with Gasteiger partial charge in [0.1, 0.15) is 5.82 Å². The molecule has 0 aliphatic rings. The molecule has 0 atom stereocenters. The van der Waals surface area contributed by atoms with Gasteiger partial charge in [0, 0.05) is 12.1 Å². The lowest BCUT2D eigenvalue weighted by Crippen LogP contribution is -2.23. The van der Waals surface area contributed by atoms with Crippen LogP contribution in [0, 0.1) is 6.92 Å². The third-order valence-corrected chi connectivity index (χ3v) is 5.01. The van der Waals surface area contributed by atoms with Crippen molar-refractivity contribution in [2.45, 2.75) is 33.1 Å². The van der Waals surface area contributed by atoms with Crippen LogP contribution in [0.15, 0.2) is 69.3 Å². The summed E-state index contributed by atoms with van der Waals surface area (Å²) in [5, 5.41) is 7.96. The number of para-hydroxylation sites is 2. The van der Waals surface area contributed by atoms with E-state index in [-0.39, 0.29) is 11.1 Å². The van der Waals surface area contributed by atoms with E-state index in [2.05, 4.69) is 22.1 Å². The van der Waals surface area contributed by atoms with Gasteiger partial charge in [0.15, 0.2) is 0 Å². The Balaban J connectivity index is 1.81. The predicted molar refractivity (Wildman–Crippen MR) is 119 cm³/mol. The molecule has 0 spiro atoms. The second kappa shape index (κ2) is 8.32. The first-order valence-electron chi connectivity index (χ1n) is 10.0. The number of hydrogen-bond donors (Lipinski definition) is 1. The average molecular weight is 401 g/mol. The van der Waals surface area contributed by atoms with Crippen LogP contribution in [0.2, 0.25) is 0 Å². The summed E-state index contributed by atoms with van der Waals surface area (Å²) in [5.41, 5.74) is 2.01. The molecule has 7 heteroatoms. The van der Waals surface area contributed by atoms with Crippen molar-refractivity contribution in [3.05, 3.63) is 92.4 Å². The largest absolute Gasteiger partial charge is 0.295 e. The summed E-state index contributed by atoms with van der Waals surface area (Å²) in [6, 6.07) is 16.6. The van der Waals surface area contributed by atoms with Crippen molar-refractivity contribution in [2.75, 3.05) is 0 Å². The number of fused-ring (bicyclic) bond motifs is 1. The highest BCUT2D eigenvalue weighted by Crippen LogP contribution is 2.10. The van der Waals surface area contributed by atoms with Crippen LogP contribution in [0.4, 0.5) is 0 Å². The highest BCUT2D eigenvalue weighted by Gasteiger charge is 2.13. The van der Waals surface area contributed by atoms with Gasteiger partial charge in [-0.3, -0.25) is 14.7 Å². The Labute approximate surface area is 173 Å². The third kappa shape index (κ3) is 3.61. The Kier molecular flexibility index (Phi) is 5.43. The van der Waals surface area contributed by atoms with Crippen LogP contribution in [0.1, 0.15) is 36.8 Å².